The lowest BCUT2D eigenvalue weighted by Gasteiger charge is -2.36. The lowest BCUT2D eigenvalue weighted by atomic mass is 9.88. The fourth-order valence-corrected chi connectivity index (χ4v) is 4.74. The van der Waals surface area contributed by atoms with Crippen LogP contribution in [-0.4, -0.2) is 46.5 Å². The first-order valence-electron chi connectivity index (χ1n) is 9.02. The van der Waals surface area contributed by atoms with Gasteiger partial charge in [-0.3, -0.25) is 9.59 Å². The average molecular weight is 392 g/mol. The predicted octanol–water partition coefficient (Wildman–Crippen LogP) is 1.47. The summed E-state index contributed by atoms with van der Waals surface area (Å²) in [4.78, 5) is 37.6. The van der Waals surface area contributed by atoms with Crippen molar-refractivity contribution in [1.29, 1.82) is 0 Å². The van der Waals surface area contributed by atoms with Gasteiger partial charge in [-0.15, -0.1) is 0 Å². The zero-order chi connectivity index (χ0) is 19.7. The predicted molar refractivity (Wildman–Crippen MR) is 102 cm³/mol. The largest absolute Gasteiger partial charge is 0.464 e. The third-order valence-corrected chi connectivity index (χ3v) is 6.04. The summed E-state index contributed by atoms with van der Waals surface area (Å²) in [6, 6.07) is 5.22. The normalized spacial score (nSPS) is 23.3. The van der Waals surface area contributed by atoms with Crippen LogP contribution in [0.3, 0.4) is 0 Å². The first-order chi connectivity index (χ1) is 12.8. The molecule has 3 rings (SSSR count). The molecular formula is C19H24N2O5S. The van der Waals surface area contributed by atoms with Crippen LogP contribution < -0.4 is 10.6 Å². The number of esters is 1. The molecule has 146 valence electrons. The molecule has 8 heteroatoms. The molecule has 2 aliphatic rings. The number of aryl methyl sites for hydroxylation is 1. The monoisotopic (exact) mass is 392 g/mol. The Bertz CT molecular complexity index is 775. The van der Waals surface area contributed by atoms with Crippen molar-refractivity contribution >= 4 is 35.2 Å². The van der Waals surface area contributed by atoms with Gasteiger partial charge in [0.25, 0.3) is 5.91 Å². The lowest BCUT2D eigenvalue weighted by Crippen LogP contribution is -2.58. The minimum absolute atomic E-state index is 0.225. The minimum Gasteiger partial charge on any atom is -0.464 e. The van der Waals surface area contributed by atoms with Crippen LogP contribution in [-0.2, 0) is 24.7 Å². The zero-order valence-electron chi connectivity index (χ0n) is 15.5. The molecule has 2 amide bonds. The highest BCUT2D eigenvalue weighted by atomic mass is 32.2. The van der Waals surface area contributed by atoms with Gasteiger partial charge >= 0.3 is 5.97 Å². The van der Waals surface area contributed by atoms with Gasteiger partial charge < -0.3 is 20.5 Å². The summed E-state index contributed by atoms with van der Waals surface area (Å²) in [7, 11) is 0. The second kappa shape index (κ2) is 7.52. The number of rotatable bonds is 5. The van der Waals surface area contributed by atoms with E-state index in [0.717, 1.165) is 17.1 Å². The summed E-state index contributed by atoms with van der Waals surface area (Å²) in [5.41, 5.74) is -1.30. The highest BCUT2D eigenvalue weighted by molar-refractivity contribution is 7.99. The number of carbonyl (C=O) groups excluding carboxylic acids is 3. The van der Waals surface area contributed by atoms with E-state index in [1.807, 2.05) is 13.0 Å². The molecule has 0 aromatic heterocycles. The molecule has 1 aromatic rings. The van der Waals surface area contributed by atoms with E-state index in [9.17, 15) is 19.5 Å². The number of hydrogen-bond donors (Lipinski definition) is 3. The van der Waals surface area contributed by atoms with Gasteiger partial charge in [0.05, 0.1) is 13.0 Å². The van der Waals surface area contributed by atoms with Gasteiger partial charge in [-0.05, 0) is 44.3 Å². The van der Waals surface area contributed by atoms with Gasteiger partial charge in [-0.25, -0.2) is 4.79 Å². The Labute approximate surface area is 162 Å². The van der Waals surface area contributed by atoms with Crippen LogP contribution in [0.25, 0.3) is 0 Å². The Morgan fingerprint density at radius 1 is 1.33 bits per heavy atom. The molecule has 3 N–H and O–H groups in total. The maximum atomic E-state index is 12.8. The van der Waals surface area contributed by atoms with E-state index in [1.165, 1.54) is 0 Å². The average Bonchev–Trinajstić information content (AvgIpc) is 2.86. The van der Waals surface area contributed by atoms with Crippen molar-refractivity contribution in [2.45, 2.75) is 44.2 Å². The van der Waals surface area contributed by atoms with Gasteiger partial charge in [0.2, 0.25) is 5.91 Å². The first-order valence-corrected chi connectivity index (χ1v) is 10.2. The molecule has 0 saturated carbocycles. The number of aliphatic hydroxyl groups is 1. The number of thioether (sulfide) groups is 1. The Balaban J connectivity index is 1.81. The van der Waals surface area contributed by atoms with Crippen molar-refractivity contribution in [2.24, 2.45) is 0 Å². The van der Waals surface area contributed by atoms with Crippen molar-refractivity contribution < 1.29 is 24.2 Å². The second-order valence-electron chi connectivity index (χ2n) is 7.00. The molecule has 0 bridgehead atoms. The van der Waals surface area contributed by atoms with E-state index in [2.05, 4.69) is 10.6 Å². The molecule has 1 fully saturated rings. The second-order valence-corrected chi connectivity index (χ2v) is 8.23. The summed E-state index contributed by atoms with van der Waals surface area (Å²) in [5.74, 6) is -0.194. The van der Waals surface area contributed by atoms with Crippen LogP contribution in [0, 0.1) is 6.92 Å². The standard InChI is InChI=1S/C19H24N2O5S/c1-3-26-17(24)18(6-8-27-9-7-18)21-15(22)11-19(25)13-10-12(2)4-5-14(13)20-16(19)23/h4-5,10,25H,3,6-9,11H2,1-2H3,(H,20,23)(H,21,22). The van der Waals surface area contributed by atoms with E-state index in [4.69, 9.17) is 4.74 Å². The first kappa shape index (κ1) is 19.7. The molecule has 0 aliphatic carbocycles. The topological polar surface area (TPSA) is 105 Å². The van der Waals surface area contributed by atoms with Crippen molar-refractivity contribution in [3.63, 3.8) is 0 Å². The third-order valence-electron chi connectivity index (χ3n) is 5.05. The molecule has 7 nitrogen and oxygen atoms in total. The van der Waals surface area contributed by atoms with Crippen LogP contribution in [0.4, 0.5) is 5.69 Å². The molecule has 2 heterocycles. The highest BCUT2D eigenvalue weighted by Crippen LogP contribution is 2.39. The quantitative estimate of drug-likeness (QED) is 0.656. The van der Waals surface area contributed by atoms with Crippen LogP contribution in [0.15, 0.2) is 18.2 Å². The van der Waals surface area contributed by atoms with Gasteiger partial charge in [0.15, 0.2) is 5.60 Å². The van der Waals surface area contributed by atoms with Crippen molar-refractivity contribution in [1.82, 2.24) is 5.32 Å². The maximum Gasteiger partial charge on any atom is 0.331 e. The smallest absolute Gasteiger partial charge is 0.331 e. The Morgan fingerprint density at radius 2 is 2.04 bits per heavy atom. The summed E-state index contributed by atoms with van der Waals surface area (Å²) < 4.78 is 5.17. The van der Waals surface area contributed by atoms with Gasteiger partial charge in [-0.2, -0.15) is 11.8 Å². The molecular weight excluding hydrogens is 368 g/mol. The number of benzene rings is 1. The minimum atomic E-state index is -1.95. The van der Waals surface area contributed by atoms with E-state index < -0.39 is 35.3 Å². The fraction of sp³-hybridized carbons (Fsp3) is 0.526. The molecule has 1 unspecified atom stereocenters. The fourth-order valence-electron chi connectivity index (χ4n) is 3.55. The number of amides is 2. The maximum absolute atomic E-state index is 12.8. The van der Waals surface area contributed by atoms with Crippen molar-refractivity contribution in [2.75, 3.05) is 23.4 Å². The molecule has 1 atom stereocenters. The van der Waals surface area contributed by atoms with Crippen LogP contribution in [0.5, 0.6) is 0 Å². The Morgan fingerprint density at radius 3 is 2.70 bits per heavy atom. The molecule has 27 heavy (non-hydrogen) atoms. The van der Waals surface area contributed by atoms with Crippen LogP contribution in [0.1, 0.15) is 37.3 Å². The third kappa shape index (κ3) is 3.68. The summed E-state index contributed by atoms with van der Waals surface area (Å²) in [5, 5.41) is 16.4. The van der Waals surface area contributed by atoms with Gasteiger partial charge in [-0.1, -0.05) is 17.7 Å². The zero-order valence-corrected chi connectivity index (χ0v) is 16.3. The van der Waals surface area contributed by atoms with Crippen molar-refractivity contribution in [3.8, 4) is 0 Å². The van der Waals surface area contributed by atoms with Crippen LogP contribution in [0.2, 0.25) is 0 Å². The number of carbonyl (C=O) groups is 3. The number of fused-ring (bicyclic) bond motifs is 1. The molecule has 1 saturated heterocycles. The summed E-state index contributed by atoms with van der Waals surface area (Å²) in [6.45, 7) is 3.79. The SMILES string of the molecule is CCOC(=O)C1(NC(=O)CC2(O)C(=O)Nc3ccc(C)cc32)CCSCC1. The summed E-state index contributed by atoms with van der Waals surface area (Å²) >= 11 is 1.71. The Hall–Kier alpha value is -2.06. The molecule has 0 radical (unpaired) electrons. The number of anilines is 1. The molecule has 1 aromatic carbocycles. The van der Waals surface area contributed by atoms with E-state index >= 15 is 0 Å². The van der Waals surface area contributed by atoms with Crippen molar-refractivity contribution in [3.05, 3.63) is 29.3 Å². The highest BCUT2D eigenvalue weighted by Gasteiger charge is 2.49. The summed E-state index contributed by atoms with van der Waals surface area (Å²) in [6.07, 6.45) is 0.467. The van der Waals surface area contributed by atoms with Gasteiger partial charge in [0.1, 0.15) is 5.54 Å². The van der Waals surface area contributed by atoms with E-state index in [1.54, 1.807) is 30.8 Å². The van der Waals surface area contributed by atoms with E-state index in [0.29, 0.717) is 24.1 Å². The van der Waals surface area contributed by atoms with Gasteiger partial charge in [0, 0.05) is 11.3 Å². The Kier molecular flexibility index (Phi) is 5.48. The number of hydrogen-bond acceptors (Lipinski definition) is 6. The lowest BCUT2D eigenvalue weighted by molar-refractivity contribution is -0.155. The number of ether oxygens (including phenoxy) is 1. The van der Waals surface area contributed by atoms with E-state index in [-0.39, 0.29) is 6.61 Å². The number of nitrogens with one attached hydrogen (secondary N) is 2. The van der Waals surface area contributed by atoms with Crippen LogP contribution >= 0.6 is 11.8 Å². The molecule has 0 spiro atoms. The molecule has 2 aliphatic heterocycles.